The van der Waals surface area contributed by atoms with Crippen molar-refractivity contribution in [2.75, 3.05) is 0 Å². The highest BCUT2D eigenvalue weighted by atomic mass is 35.5. The standard InChI is InChI=1S/C14H29ClN2O/c1-8-6-10(9(2)11(15)7-8)12(18)13(16)17-14(3,4)5/h8-13,17-18H,6-7,16H2,1-5H3. The van der Waals surface area contributed by atoms with Crippen molar-refractivity contribution in [2.45, 2.75) is 70.6 Å². The fraction of sp³-hybridized carbons (Fsp3) is 1.00. The zero-order chi connectivity index (χ0) is 14.1. The molecule has 0 spiro atoms. The largest absolute Gasteiger partial charge is 0.390 e. The van der Waals surface area contributed by atoms with E-state index in [1.807, 2.05) is 0 Å². The van der Waals surface area contributed by atoms with Crippen LogP contribution >= 0.6 is 11.6 Å². The summed E-state index contributed by atoms with van der Waals surface area (Å²) < 4.78 is 0. The van der Waals surface area contributed by atoms with Crippen molar-refractivity contribution in [3.63, 3.8) is 0 Å². The Kier molecular flexibility index (Phi) is 5.48. The van der Waals surface area contributed by atoms with Crippen LogP contribution in [0.4, 0.5) is 0 Å². The molecule has 1 rings (SSSR count). The minimum Gasteiger partial charge on any atom is -0.390 e. The highest BCUT2D eigenvalue weighted by Gasteiger charge is 2.38. The van der Waals surface area contributed by atoms with Crippen molar-refractivity contribution < 1.29 is 5.11 Å². The maximum Gasteiger partial charge on any atom is 0.0854 e. The molecule has 0 amide bonds. The third-order valence-electron chi connectivity index (χ3n) is 3.95. The molecule has 0 saturated heterocycles. The number of halogens is 1. The summed E-state index contributed by atoms with van der Waals surface area (Å²) in [4.78, 5) is 0. The molecule has 0 aliphatic heterocycles. The lowest BCUT2D eigenvalue weighted by molar-refractivity contribution is 0.00966. The van der Waals surface area contributed by atoms with Gasteiger partial charge in [-0.15, -0.1) is 11.6 Å². The smallest absolute Gasteiger partial charge is 0.0854 e. The van der Waals surface area contributed by atoms with Crippen molar-refractivity contribution in [1.82, 2.24) is 5.32 Å². The van der Waals surface area contributed by atoms with E-state index in [1.165, 1.54) is 0 Å². The van der Waals surface area contributed by atoms with Gasteiger partial charge >= 0.3 is 0 Å². The van der Waals surface area contributed by atoms with Crippen LogP contribution in [-0.2, 0) is 0 Å². The highest BCUT2D eigenvalue weighted by Crippen LogP contribution is 2.38. The number of aliphatic hydroxyl groups excluding tert-OH is 1. The van der Waals surface area contributed by atoms with Crippen LogP contribution in [0.2, 0.25) is 0 Å². The third kappa shape index (κ3) is 4.37. The number of aliphatic hydroxyl groups is 1. The van der Waals surface area contributed by atoms with Crippen LogP contribution in [0.25, 0.3) is 0 Å². The van der Waals surface area contributed by atoms with Gasteiger partial charge < -0.3 is 10.8 Å². The van der Waals surface area contributed by atoms with E-state index >= 15 is 0 Å². The van der Waals surface area contributed by atoms with E-state index in [-0.39, 0.29) is 16.8 Å². The molecule has 1 saturated carbocycles. The first-order valence-corrected chi connectivity index (χ1v) is 7.41. The van der Waals surface area contributed by atoms with Gasteiger partial charge in [0.2, 0.25) is 0 Å². The predicted octanol–water partition coefficient (Wildman–Crippen LogP) is 2.31. The summed E-state index contributed by atoms with van der Waals surface area (Å²) in [5.41, 5.74) is 5.99. The number of alkyl halides is 1. The summed E-state index contributed by atoms with van der Waals surface area (Å²) in [6, 6.07) is 0. The van der Waals surface area contributed by atoms with Crippen LogP contribution in [0, 0.1) is 17.8 Å². The average Bonchev–Trinajstić information content (AvgIpc) is 2.19. The molecule has 6 atom stereocenters. The van der Waals surface area contributed by atoms with Gasteiger partial charge in [0.05, 0.1) is 12.3 Å². The van der Waals surface area contributed by atoms with Crippen LogP contribution in [0.15, 0.2) is 0 Å². The lowest BCUT2D eigenvalue weighted by Gasteiger charge is -2.41. The van der Waals surface area contributed by atoms with Gasteiger partial charge in [-0.05, 0) is 51.4 Å². The number of hydrogen-bond acceptors (Lipinski definition) is 3. The Bertz CT molecular complexity index is 267. The zero-order valence-electron chi connectivity index (χ0n) is 12.3. The summed E-state index contributed by atoms with van der Waals surface area (Å²) in [6.07, 6.45) is 1.11. The van der Waals surface area contributed by atoms with Crippen molar-refractivity contribution >= 4 is 11.6 Å². The number of rotatable bonds is 3. The number of nitrogens with one attached hydrogen (secondary N) is 1. The van der Waals surface area contributed by atoms with E-state index in [4.69, 9.17) is 17.3 Å². The van der Waals surface area contributed by atoms with E-state index in [2.05, 4.69) is 39.9 Å². The fourth-order valence-corrected chi connectivity index (χ4v) is 3.44. The van der Waals surface area contributed by atoms with Gasteiger partial charge in [-0.25, -0.2) is 0 Å². The molecule has 3 nitrogen and oxygen atoms in total. The van der Waals surface area contributed by atoms with E-state index in [9.17, 15) is 5.11 Å². The Morgan fingerprint density at radius 3 is 2.33 bits per heavy atom. The van der Waals surface area contributed by atoms with Crippen LogP contribution in [0.3, 0.4) is 0 Å². The SMILES string of the molecule is CC1CC(Cl)C(C)C(C(O)C(N)NC(C)(C)C)C1. The molecule has 108 valence electrons. The first kappa shape index (κ1) is 16.2. The molecule has 0 aromatic carbocycles. The Labute approximate surface area is 116 Å². The number of hydrogen-bond donors (Lipinski definition) is 3. The first-order valence-electron chi connectivity index (χ1n) is 6.97. The molecule has 1 aliphatic rings. The molecule has 1 aliphatic carbocycles. The van der Waals surface area contributed by atoms with E-state index < -0.39 is 12.3 Å². The van der Waals surface area contributed by atoms with Crippen molar-refractivity contribution in [1.29, 1.82) is 0 Å². The summed E-state index contributed by atoms with van der Waals surface area (Å²) in [7, 11) is 0. The summed E-state index contributed by atoms with van der Waals surface area (Å²) in [5.74, 6) is 1.05. The molecule has 4 heteroatoms. The van der Waals surface area contributed by atoms with Gasteiger partial charge in [-0.2, -0.15) is 0 Å². The second-order valence-corrected chi connectivity index (χ2v) is 7.59. The Hall–Kier alpha value is 0.170. The summed E-state index contributed by atoms with van der Waals surface area (Å²) in [5, 5.41) is 13.9. The molecule has 0 aromatic heterocycles. The minimum atomic E-state index is -0.539. The molecule has 0 aromatic rings. The van der Waals surface area contributed by atoms with Crippen molar-refractivity contribution in [3.05, 3.63) is 0 Å². The maximum absolute atomic E-state index is 10.5. The highest BCUT2D eigenvalue weighted by molar-refractivity contribution is 6.20. The van der Waals surface area contributed by atoms with Gasteiger partial charge in [0.1, 0.15) is 0 Å². The predicted molar refractivity (Wildman–Crippen MR) is 77.6 cm³/mol. The van der Waals surface area contributed by atoms with Crippen LogP contribution < -0.4 is 11.1 Å². The molecular weight excluding hydrogens is 248 g/mol. The maximum atomic E-state index is 10.5. The number of nitrogens with two attached hydrogens (primary N) is 1. The Balaban J connectivity index is 2.66. The van der Waals surface area contributed by atoms with Crippen LogP contribution in [0.1, 0.15) is 47.5 Å². The van der Waals surface area contributed by atoms with E-state index in [1.54, 1.807) is 0 Å². The molecule has 0 heterocycles. The molecular formula is C14H29ClN2O. The monoisotopic (exact) mass is 276 g/mol. The topological polar surface area (TPSA) is 58.3 Å². The average molecular weight is 277 g/mol. The van der Waals surface area contributed by atoms with Gasteiger partial charge in [-0.3, -0.25) is 5.32 Å². The van der Waals surface area contributed by atoms with Gasteiger partial charge in [-0.1, -0.05) is 13.8 Å². The Morgan fingerprint density at radius 2 is 1.83 bits per heavy atom. The van der Waals surface area contributed by atoms with Crippen molar-refractivity contribution in [3.8, 4) is 0 Å². The second kappa shape index (κ2) is 6.08. The second-order valence-electron chi connectivity index (χ2n) is 7.03. The molecule has 0 radical (unpaired) electrons. The molecule has 18 heavy (non-hydrogen) atoms. The lowest BCUT2D eigenvalue weighted by atomic mass is 9.72. The molecule has 6 unspecified atom stereocenters. The fourth-order valence-electron chi connectivity index (χ4n) is 2.94. The van der Waals surface area contributed by atoms with Crippen LogP contribution in [0.5, 0.6) is 0 Å². The molecule has 4 N–H and O–H groups in total. The zero-order valence-corrected chi connectivity index (χ0v) is 13.0. The first-order chi connectivity index (χ1) is 8.11. The quantitative estimate of drug-likeness (QED) is 0.548. The van der Waals surface area contributed by atoms with Gasteiger partial charge in [0.25, 0.3) is 0 Å². The van der Waals surface area contributed by atoms with Crippen molar-refractivity contribution in [2.24, 2.45) is 23.5 Å². The molecule has 1 fully saturated rings. The molecule has 0 bridgehead atoms. The summed E-state index contributed by atoms with van der Waals surface area (Å²) >= 11 is 6.37. The third-order valence-corrected chi connectivity index (χ3v) is 4.53. The summed E-state index contributed by atoms with van der Waals surface area (Å²) in [6.45, 7) is 10.5. The van der Waals surface area contributed by atoms with Crippen LogP contribution in [-0.4, -0.2) is 28.3 Å². The Morgan fingerprint density at radius 1 is 1.28 bits per heavy atom. The van der Waals surface area contributed by atoms with Gasteiger partial charge in [0.15, 0.2) is 0 Å². The minimum absolute atomic E-state index is 0.0930. The lowest BCUT2D eigenvalue weighted by Crippen LogP contribution is -2.58. The van der Waals surface area contributed by atoms with Gasteiger partial charge in [0, 0.05) is 10.9 Å². The van der Waals surface area contributed by atoms with E-state index in [0.29, 0.717) is 11.8 Å². The normalized spacial score (nSPS) is 37.3. The van der Waals surface area contributed by atoms with E-state index in [0.717, 1.165) is 12.8 Å².